The van der Waals surface area contributed by atoms with E-state index in [1.54, 1.807) is 0 Å². The number of guanidine groups is 1. The van der Waals surface area contributed by atoms with E-state index in [1.165, 1.54) is 22.3 Å². The van der Waals surface area contributed by atoms with Gasteiger partial charge in [0.05, 0.1) is 6.54 Å². The zero-order valence-electron chi connectivity index (χ0n) is 11.9. The van der Waals surface area contributed by atoms with E-state index in [2.05, 4.69) is 66.6 Å². The molecule has 3 rings (SSSR count). The topological polar surface area (TPSA) is 50.4 Å². The molecule has 3 heteroatoms. The van der Waals surface area contributed by atoms with Crippen molar-refractivity contribution >= 4 is 11.6 Å². The maximum absolute atomic E-state index is 5.89. The minimum absolute atomic E-state index is 0.249. The molecule has 1 unspecified atom stereocenters. The first kappa shape index (κ1) is 12.7. The summed E-state index contributed by atoms with van der Waals surface area (Å²) in [5.74, 6) is 0.740. The lowest BCUT2D eigenvalue weighted by Gasteiger charge is -2.18. The van der Waals surface area contributed by atoms with E-state index in [0.717, 1.165) is 5.69 Å². The fourth-order valence-electron chi connectivity index (χ4n) is 2.63. The lowest BCUT2D eigenvalue weighted by molar-refractivity contribution is 0.827. The van der Waals surface area contributed by atoms with Gasteiger partial charge in [-0.3, -0.25) is 4.99 Å². The quantitative estimate of drug-likeness (QED) is 0.832. The molecular formula is C17H19N3. The number of hydrogen-bond donors (Lipinski definition) is 2. The first-order chi connectivity index (χ1) is 9.63. The van der Waals surface area contributed by atoms with Gasteiger partial charge in [-0.05, 0) is 31.0 Å². The van der Waals surface area contributed by atoms with Gasteiger partial charge in [0, 0.05) is 11.6 Å². The van der Waals surface area contributed by atoms with Gasteiger partial charge >= 0.3 is 0 Å². The van der Waals surface area contributed by atoms with E-state index in [-0.39, 0.29) is 5.92 Å². The van der Waals surface area contributed by atoms with Crippen LogP contribution in [0.5, 0.6) is 0 Å². The maximum Gasteiger partial charge on any atom is 0.193 e. The molecule has 0 aliphatic carbocycles. The van der Waals surface area contributed by atoms with Crippen LogP contribution in [0.15, 0.2) is 47.5 Å². The number of nitrogens with one attached hydrogen (secondary N) is 1. The van der Waals surface area contributed by atoms with Crippen molar-refractivity contribution in [2.24, 2.45) is 10.7 Å². The predicted molar refractivity (Wildman–Crippen MR) is 84.3 cm³/mol. The Hall–Kier alpha value is -2.29. The van der Waals surface area contributed by atoms with Crippen LogP contribution in [0.2, 0.25) is 0 Å². The van der Waals surface area contributed by atoms with Gasteiger partial charge < -0.3 is 11.1 Å². The Balaban J connectivity index is 2.11. The number of nitrogens with zero attached hydrogens (tertiary/aromatic N) is 1. The van der Waals surface area contributed by atoms with Crippen molar-refractivity contribution in [2.75, 3.05) is 11.9 Å². The highest BCUT2D eigenvalue weighted by Crippen LogP contribution is 2.33. The molecule has 20 heavy (non-hydrogen) atoms. The van der Waals surface area contributed by atoms with E-state index in [4.69, 9.17) is 5.73 Å². The number of nitrogens with two attached hydrogens (primary N) is 1. The second-order valence-electron chi connectivity index (χ2n) is 5.40. The van der Waals surface area contributed by atoms with Gasteiger partial charge in [0.25, 0.3) is 0 Å². The third-order valence-corrected chi connectivity index (χ3v) is 3.77. The van der Waals surface area contributed by atoms with Gasteiger partial charge in [-0.1, -0.05) is 47.5 Å². The maximum atomic E-state index is 5.89. The minimum atomic E-state index is 0.249. The molecule has 0 saturated heterocycles. The molecule has 0 aromatic heterocycles. The molecule has 1 atom stereocenters. The van der Waals surface area contributed by atoms with E-state index in [0.29, 0.717) is 12.5 Å². The Morgan fingerprint density at radius 1 is 1.05 bits per heavy atom. The van der Waals surface area contributed by atoms with Gasteiger partial charge in [0.1, 0.15) is 0 Å². The molecule has 0 amide bonds. The molecule has 1 aliphatic heterocycles. The van der Waals surface area contributed by atoms with Gasteiger partial charge in [-0.25, -0.2) is 0 Å². The van der Waals surface area contributed by atoms with Crippen molar-refractivity contribution in [2.45, 2.75) is 19.8 Å². The predicted octanol–water partition coefficient (Wildman–Crippen LogP) is 3.18. The average molecular weight is 265 g/mol. The molecule has 0 saturated carbocycles. The normalized spacial score (nSPS) is 17.7. The third kappa shape index (κ3) is 2.39. The van der Waals surface area contributed by atoms with Crippen LogP contribution in [0.4, 0.5) is 5.69 Å². The zero-order valence-corrected chi connectivity index (χ0v) is 11.9. The number of fused-ring (bicyclic) bond motifs is 1. The SMILES string of the molecule is Cc1ccc(C2CN=C(N)Nc3ccc(C)cc32)cc1. The molecule has 1 heterocycles. The Kier molecular flexibility index (Phi) is 3.18. The molecule has 2 aromatic rings. The third-order valence-electron chi connectivity index (χ3n) is 3.77. The molecule has 2 aromatic carbocycles. The van der Waals surface area contributed by atoms with Gasteiger partial charge in [-0.2, -0.15) is 0 Å². The number of anilines is 1. The summed E-state index contributed by atoms with van der Waals surface area (Å²) in [6, 6.07) is 15.1. The van der Waals surface area contributed by atoms with E-state index in [1.807, 2.05) is 0 Å². The van der Waals surface area contributed by atoms with Crippen LogP contribution in [0.25, 0.3) is 0 Å². The number of hydrogen-bond acceptors (Lipinski definition) is 3. The summed E-state index contributed by atoms with van der Waals surface area (Å²) >= 11 is 0. The number of aliphatic imine (C=N–C) groups is 1. The van der Waals surface area contributed by atoms with Gasteiger partial charge in [0.2, 0.25) is 0 Å². The second kappa shape index (κ2) is 5.00. The summed E-state index contributed by atoms with van der Waals surface area (Å²) in [5.41, 5.74) is 12.0. The lowest BCUT2D eigenvalue weighted by atomic mass is 9.89. The van der Waals surface area contributed by atoms with Crippen LogP contribution < -0.4 is 11.1 Å². The molecule has 0 fully saturated rings. The Morgan fingerprint density at radius 2 is 1.75 bits per heavy atom. The van der Waals surface area contributed by atoms with Crippen LogP contribution in [0, 0.1) is 13.8 Å². The van der Waals surface area contributed by atoms with Crippen molar-refractivity contribution in [3.8, 4) is 0 Å². The Bertz CT molecular complexity index is 656. The summed E-state index contributed by atoms with van der Waals surface area (Å²) in [6.07, 6.45) is 0. The number of aryl methyl sites for hydroxylation is 2. The standard InChI is InChI=1S/C17H19N3/c1-11-3-6-13(7-4-11)15-10-19-17(18)20-16-8-5-12(2)9-14(15)16/h3-9,15H,10H2,1-2H3,(H3,18,19,20). The molecule has 102 valence electrons. The first-order valence-corrected chi connectivity index (χ1v) is 6.87. The van der Waals surface area contributed by atoms with E-state index < -0.39 is 0 Å². The van der Waals surface area contributed by atoms with Crippen LogP contribution in [0.3, 0.4) is 0 Å². The number of benzene rings is 2. The minimum Gasteiger partial charge on any atom is -0.370 e. The van der Waals surface area contributed by atoms with Crippen LogP contribution in [-0.4, -0.2) is 12.5 Å². The average Bonchev–Trinajstić information content (AvgIpc) is 2.58. The summed E-state index contributed by atoms with van der Waals surface area (Å²) in [6.45, 7) is 4.90. The molecule has 3 nitrogen and oxygen atoms in total. The summed E-state index contributed by atoms with van der Waals surface area (Å²) in [4.78, 5) is 4.43. The zero-order chi connectivity index (χ0) is 14.1. The van der Waals surface area contributed by atoms with Crippen LogP contribution in [-0.2, 0) is 0 Å². The molecule has 0 bridgehead atoms. The van der Waals surface area contributed by atoms with Crippen molar-refractivity contribution < 1.29 is 0 Å². The number of rotatable bonds is 1. The van der Waals surface area contributed by atoms with Crippen molar-refractivity contribution in [1.82, 2.24) is 0 Å². The highest BCUT2D eigenvalue weighted by molar-refractivity contribution is 5.94. The van der Waals surface area contributed by atoms with E-state index in [9.17, 15) is 0 Å². The fraction of sp³-hybridized carbons (Fsp3) is 0.235. The van der Waals surface area contributed by atoms with Crippen molar-refractivity contribution in [1.29, 1.82) is 0 Å². The Labute approximate surface area is 119 Å². The molecular weight excluding hydrogens is 246 g/mol. The largest absolute Gasteiger partial charge is 0.370 e. The van der Waals surface area contributed by atoms with Crippen molar-refractivity contribution in [3.63, 3.8) is 0 Å². The molecule has 0 radical (unpaired) electrons. The molecule has 1 aliphatic rings. The van der Waals surface area contributed by atoms with Gasteiger partial charge in [0.15, 0.2) is 5.96 Å². The van der Waals surface area contributed by atoms with E-state index >= 15 is 0 Å². The second-order valence-corrected chi connectivity index (χ2v) is 5.40. The summed E-state index contributed by atoms with van der Waals surface area (Å²) in [5, 5.41) is 3.19. The lowest BCUT2D eigenvalue weighted by Crippen LogP contribution is -2.21. The van der Waals surface area contributed by atoms with Crippen molar-refractivity contribution in [3.05, 3.63) is 64.7 Å². The first-order valence-electron chi connectivity index (χ1n) is 6.87. The monoisotopic (exact) mass is 265 g/mol. The fourth-order valence-corrected chi connectivity index (χ4v) is 2.63. The smallest absolute Gasteiger partial charge is 0.193 e. The highest BCUT2D eigenvalue weighted by Gasteiger charge is 2.20. The van der Waals surface area contributed by atoms with Crippen LogP contribution >= 0.6 is 0 Å². The molecule has 3 N–H and O–H groups in total. The molecule has 0 spiro atoms. The highest BCUT2D eigenvalue weighted by atomic mass is 15.1. The van der Waals surface area contributed by atoms with Crippen LogP contribution in [0.1, 0.15) is 28.2 Å². The van der Waals surface area contributed by atoms with Gasteiger partial charge in [-0.15, -0.1) is 0 Å². The summed E-state index contributed by atoms with van der Waals surface area (Å²) < 4.78 is 0. The summed E-state index contributed by atoms with van der Waals surface area (Å²) in [7, 11) is 0. The Morgan fingerprint density at radius 3 is 2.50 bits per heavy atom.